The summed E-state index contributed by atoms with van der Waals surface area (Å²) >= 11 is 0. The van der Waals surface area contributed by atoms with Crippen LogP contribution >= 0.6 is 0 Å². The Morgan fingerprint density at radius 1 is 1.09 bits per heavy atom. The highest BCUT2D eigenvalue weighted by molar-refractivity contribution is 7.89. The number of amides is 1. The number of sulfonamides is 1. The lowest BCUT2D eigenvalue weighted by Crippen LogP contribution is -2.60. The molecule has 33 heavy (non-hydrogen) atoms. The fourth-order valence-electron chi connectivity index (χ4n) is 3.91. The van der Waals surface area contributed by atoms with Gasteiger partial charge in [0.2, 0.25) is 15.9 Å². The SMILES string of the molecule is COc1cccc(S(=O)(=O)N2CCN(Cc3ccccc3)CC2C(=O)NCc2ccco2)c1. The molecule has 1 atom stereocenters. The molecule has 1 unspecified atom stereocenters. The number of benzene rings is 2. The number of nitrogens with one attached hydrogen (secondary N) is 1. The fourth-order valence-corrected chi connectivity index (χ4v) is 5.52. The van der Waals surface area contributed by atoms with Crippen molar-refractivity contribution in [1.29, 1.82) is 0 Å². The van der Waals surface area contributed by atoms with E-state index in [9.17, 15) is 13.2 Å². The summed E-state index contributed by atoms with van der Waals surface area (Å²) in [7, 11) is -2.43. The zero-order valence-electron chi connectivity index (χ0n) is 18.4. The first kappa shape index (κ1) is 23.0. The first-order valence-electron chi connectivity index (χ1n) is 10.7. The highest BCUT2D eigenvalue weighted by Crippen LogP contribution is 2.25. The van der Waals surface area contributed by atoms with Crippen molar-refractivity contribution in [3.8, 4) is 5.75 Å². The molecule has 1 saturated heterocycles. The maximum Gasteiger partial charge on any atom is 0.244 e. The molecule has 8 nitrogen and oxygen atoms in total. The van der Waals surface area contributed by atoms with Crippen LogP contribution in [-0.2, 0) is 27.9 Å². The molecule has 0 radical (unpaired) electrons. The molecule has 1 aliphatic heterocycles. The summed E-state index contributed by atoms with van der Waals surface area (Å²) < 4.78 is 38.8. The van der Waals surface area contributed by atoms with Crippen molar-refractivity contribution in [2.45, 2.75) is 24.0 Å². The van der Waals surface area contributed by atoms with E-state index in [-0.39, 0.29) is 30.4 Å². The fraction of sp³-hybridized carbons (Fsp3) is 0.292. The second-order valence-corrected chi connectivity index (χ2v) is 9.72. The molecule has 4 rings (SSSR count). The van der Waals surface area contributed by atoms with Gasteiger partial charge in [-0.05, 0) is 29.8 Å². The average Bonchev–Trinajstić information content (AvgIpc) is 3.37. The van der Waals surface area contributed by atoms with E-state index < -0.39 is 16.1 Å². The highest BCUT2D eigenvalue weighted by atomic mass is 32.2. The van der Waals surface area contributed by atoms with E-state index in [1.165, 1.54) is 29.8 Å². The second kappa shape index (κ2) is 10.2. The minimum absolute atomic E-state index is 0.0993. The number of hydrogen-bond acceptors (Lipinski definition) is 6. The Bertz CT molecular complexity index is 1170. The van der Waals surface area contributed by atoms with Gasteiger partial charge in [-0.2, -0.15) is 4.31 Å². The molecule has 3 aromatic rings. The predicted octanol–water partition coefficient (Wildman–Crippen LogP) is 2.48. The van der Waals surface area contributed by atoms with Gasteiger partial charge in [0.25, 0.3) is 0 Å². The standard InChI is InChI=1S/C24H27N3O5S/c1-31-20-9-5-11-22(15-20)33(29,30)27-13-12-26(17-19-7-3-2-4-8-19)18-23(27)24(28)25-16-21-10-6-14-32-21/h2-11,14-15,23H,12-13,16-18H2,1H3,(H,25,28). The Morgan fingerprint density at radius 3 is 2.64 bits per heavy atom. The van der Waals surface area contributed by atoms with Crippen molar-refractivity contribution < 1.29 is 22.4 Å². The molecular weight excluding hydrogens is 442 g/mol. The van der Waals surface area contributed by atoms with Gasteiger partial charge in [-0.3, -0.25) is 9.69 Å². The van der Waals surface area contributed by atoms with Crippen molar-refractivity contribution in [1.82, 2.24) is 14.5 Å². The Labute approximate surface area is 193 Å². The summed E-state index contributed by atoms with van der Waals surface area (Å²) in [6.07, 6.45) is 1.53. The number of piperazine rings is 1. The van der Waals surface area contributed by atoms with E-state index in [1.54, 1.807) is 24.3 Å². The summed E-state index contributed by atoms with van der Waals surface area (Å²) in [6.45, 7) is 1.82. The summed E-state index contributed by atoms with van der Waals surface area (Å²) in [5, 5.41) is 2.83. The third kappa shape index (κ3) is 5.44. The number of furan rings is 1. The van der Waals surface area contributed by atoms with Crippen LogP contribution in [0.15, 0.2) is 82.3 Å². The Morgan fingerprint density at radius 2 is 1.91 bits per heavy atom. The van der Waals surface area contributed by atoms with Crippen LogP contribution in [0.2, 0.25) is 0 Å². The molecule has 1 N–H and O–H groups in total. The number of carbonyl (C=O) groups is 1. The Hall–Kier alpha value is -3.14. The summed E-state index contributed by atoms with van der Waals surface area (Å²) in [5.41, 5.74) is 1.11. The van der Waals surface area contributed by atoms with Gasteiger partial charge in [0.05, 0.1) is 24.8 Å². The third-order valence-electron chi connectivity index (χ3n) is 5.63. The highest BCUT2D eigenvalue weighted by Gasteiger charge is 2.40. The molecule has 2 aromatic carbocycles. The van der Waals surface area contributed by atoms with Gasteiger partial charge in [0.1, 0.15) is 17.6 Å². The molecule has 0 saturated carbocycles. The van der Waals surface area contributed by atoms with Crippen LogP contribution < -0.4 is 10.1 Å². The Balaban J connectivity index is 1.57. The van der Waals surface area contributed by atoms with Gasteiger partial charge < -0.3 is 14.5 Å². The summed E-state index contributed by atoms with van der Waals surface area (Å²) in [6, 6.07) is 18.8. The lowest BCUT2D eigenvalue weighted by atomic mass is 10.1. The molecule has 1 fully saturated rings. The van der Waals surface area contributed by atoms with Crippen molar-refractivity contribution >= 4 is 15.9 Å². The summed E-state index contributed by atoms with van der Waals surface area (Å²) in [5.74, 6) is 0.677. The number of methoxy groups -OCH3 is 1. The summed E-state index contributed by atoms with van der Waals surface area (Å²) in [4.78, 5) is 15.4. The largest absolute Gasteiger partial charge is 0.497 e. The van der Waals surface area contributed by atoms with E-state index in [0.717, 1.165) is 5.56 Å². The minimum Gasteiger partial charge on any atom is -0.497 e. The lowest BCUT2D eigenvalue weighted by Gasteiger charge is -2.39. The van der Waals surface area contributed by atoms with Gasteiger partial charge in [-0.15, -0.1) is 0 Å². The molecule has 0 spiro atoms. The third-order valence-corrected chi connectivity index (χ3v) is 7.54. The van der Waals surface area contributed by atoms with Gasteiger partial charge in [0, 0.05) is 32.2 Å². The number of rotatable bonds is 8. The van der Waals surface area contributed by atoms with E-state index in [2.05, 4.69) is 10.2 Å². The van der Waals surface area contributed by atoms with E-state index in [0.29, 0.717) is 24.6 Å². The van der Waals surface area contributed by atoms with Crippen molar-refractivity contribution in [2.75, 3.05) is 26.7 Å². The van der Waals surface area contributed by atoms with Gasteiger partial charge in [-0.1, -0.05) is 36.4 Å². The smallest absolute Gasteiger partial charge is 0.244 e. The monoisotopic (exact) mass is 469 g/mol. The maximum absolute atomic E-state index is 13.5. The minimum atomic E-state index is -3.91. The quantitative estimate of drug-likeness (QED) is 0.545. The molecule has 174 valence electrons. The topological polar surface area (TPSA) is 92.1 Å². The van der Waals surface area contributed by atoms with Crippen LogP contribution in [0.5, 0.6) is 5.75 Å². The van der Waals surface area contributed by atoms with Crippen molar-refractivity contribution in [2.24, 2.45) is 0 Å². The Kier molecular flexibility index (Phi) is 7.12. The normalized spacial score (nSPS) is 17.5. The van der Waals surface area contributed by atoms with Crippen LogP contribution in [0.3, 0.4) is 0 Å². The van der Waals surface area contributed by atoms with E-state index in [4.69, 9.17) is 9.15 Å². The van der Waals surface area contributed by atoms with Crippen LogP contribution in [0, 0.1) is 0 Å². The number of hydrogen-bond donors (Lipinski definition) is 1. The van der Waals surface area contributed by atoms with Crippen LogP contribution in [0.1, 0.15) is 11.3 Å². The number of nitrogens with zero attached hydrogens (tertiary/aromatic N) is 2. The van der Waals surface area contributed by atoms with Gasteiger partial charge in [-0.25, -0.2) is 8.42 Å². The molecular formula is C24H27N3O5S. The maximum atomic E-state index is 13.5. The molecule has 0 aliphatic carbocycles. The average molecular weight is 470 g/mol. The van der Waals surface area contributed by atoms with Crippen molar-refractivity contribution in [3.05, 3.63) is 84.3 Å². The first-order valence-corrected chi connectivity index (χ1v) is 12.1. The zero-order valence-corrected chi connectivity index (χ0v) is 19.2. The molecule has 2 heterocycles. The zero-order chi connectivity index (χ0) is 23.3. The molecule has 0 bridgehead atoms. The van der Waals surface area contributed by atoms with Crippen molar-refractivity contribution in [3.63, 3.8) is 0 Å². The van der Waals surface area contributed by atoms with Gasteiger partial charge in [0.15, 0.2) is 0 Å². The van der Waals surface area contributed by atoms with Gasteiger partial charge >= 0.3 is 0 Å². The van der Waals surface area contributed by atoms with Crippen LogP contribution in [0.25, 0.3) is 0 Å². The number of ether oxygens (including phenoxy) is 1. The second-order valence-electron chi connectivity index (χ2n) is 7.83. The van der Waals surface area contributed by atoms with Crippen LogP contribution in [-0.4, -0.2) is 56.3 Å². The first-order chi connectivity index (χ1) is 16.0. The van der Waals surface area contributed by atoms with E-state index >= 15 is 0 Å². The predicted molar refractivity (Wildman–Crippen MR) is 123 cm³/mol. The molecule has 1 amide bonds. The lowest BCUT2D eigenvalue weighted by molar-refractivity contribution is -0.127. The number of carbonyl (C=O) groups excluding carboxylic acids is 1. The van der Waals surface area contributed by atoms with E-state index in [1.807, 2.05) is 30.3 Å². The molecule has 9 heteroatoms. The molecule has 1 aromatic heterocycles. The van der Waals surface area contributed by atoms with Crippen LogP contribution in [0.4, 0.5) is 0 Å². The molecule has 1 aliphatic rings.